The predicted molar refractivity (Wildman–Crippen MR) is 311 cm³/mol. The van der Waals surface area contributed by atoms with Crippen LogP contribution in [-0.2, 0) is 27.9 Å². The summed E-state index contributed by atoms with van der Waals surface area (Å²) in [4.78, 5) is 39.9. The van der Waals surface area contributed by atoms with Gasteiger partial charge in [0.15, 0.2) is 0 Å². The molecule has 10 heteroatoms. The fourth-order valence-corrected chi connectivity index (χ4v) is 8.85. The van der Waals surface area contributed by atoms with Crippen molar-refractivity contribution < 1.29 is 37.3 Å². The van der Waals surface area contributed by atoms with Gasteiger partial charge in [0.2, 0.25) is 5.91 Å². The van der Waals surface area contributed by atoms with Crippen LogP contribution in [0.3, 0.4) is 0 Å². The number of phosphoric acid groups is 1. The number of carbonyl (C=O) groups is 2. The summed E-state index contributed by atoms with van der Waals surface area (Å²) >= 11 is 0. The molecule has 0 rings (SSSR count). The zero-order chi connectivity index (χ0) is 53.6. The number of carbonyl (C=O) groups excluding carboxylic acids is 2. The zero-order valence-corrected chi connectivity index (χ0v) is 49.0. The van der Waals surface area contributed by atoms with Gasteiger partial charge in [-0.25, -0.2) is 0 Å². The van der Waals surface area contributed by atoms with E-state index in [-0.39, 0.29) is 24.9 Å². The fourth-order valence-electron chi connectivity index (χ4n) is 8.12. The summed E-state index contributed by atoms with van der Waals surface area (Å²) in [5.74, 6) is -0.584. The third kappa shape index (κ3) is 53.8. The topological polar surface area (TPSA) is 114 Å². The van der Waals surface area contributed by atoms with Crippen LogP contribution in [0.4, 0.5) is 0 Å². The van der Waals surface area contributed by atoms with Crippen molar-refractivity contribution in [3.63, 3.8) is 0 Å². The molecule has 3 unspecified atom stereocenters. The Morgan fingerprint density at radius 1 is 0.479 bits per heavy atom. The Hall–Kier alpha value is -2.81. The Labute approximate surface area is 450 Å². The van der Waals surface area contributed by atoms with Gasteiger partial charge in [0.1, 0.15) is 19.3 Å². The van der Waals surface area contributed by atoms with Crippen molar-refractivity contribution in [2.75, 3.05) is 40.9 Å². The van der Waals surface area contributed by atoms with Gasteiger partial charge in [0.05, 0.1) is 33.8 Å². The van der Waals surface area contributed by atoms with E-state index < -0.39 is 26.6 Å². The molecule has 0 saturated carbocycles. The van der Waals surface area contributed by atoms with Crippen molar-refractivity contribution in [2.45, 2.75) is 264 Å². The van der Waals surface area contributed by atoms with Crippen molar-refractivity contribution in [3.8, 4) is 0 Å². The number of nitrogens with one attached hydrogen (secondary N) is 1. The molecule has 0 aliphatic carbocycles. The molecular formula is C63H113N2O7P. The van der Waals surface area contributed by atoms with E-state index in [9.17, 15) is 19.0 Å². The lowest BCUT2D eigenvalue weighted by Gasteiger charge is -2.30. The maximum Gasteiger partial charge on any atom is 0.306 e. The van der Waals surface area contributed by atoms with E-state index in [1.807, 2.05) is 33.3 Å². The lowest BCUT2D eigenvalue weighted by atomic mass is 10.1. The molecule has 0 saturated heterocycles. The molecule has 1 N–H and O–H groups in total. The van der Waals surface area contributed by atoms with Crippen LogP contribution in [0.25, 0.3) is 0 Å². The normalized spacial score (nSPS) is 14.3. The van der Waals surface area contributed by atoms with Crippen LogP contribution < -0.4 is 10.2 Å². The number of phosphoric ester groups is 1. The van der Waals surface area contributed by atoms with E-state index in [0.717, 1.165) is 116 Å². The number of ether oxygens (including phenoxy) is 1. The molecule has 0 fully saturated rings. The van der Waals surface area contributed by atoms with E-state index in [2.05, 4.69) is 99.0 Å². The first-order chi connectivity index (χ1) is 35.4. The van der Waals surface area contributed by atoms with Crippen LogP contribution in [0.5, 0.6) is 0 Å². The standard InChI is InChI=1S/C63H113N2O7P/c1-7-10-13-16-19-22-25-27-29-31-32-34-35-37-40-43-46-49-52-55-62(66)64-60(59-71-73(68,69)70-58-57-65(4,5)6)61(54-51-48-45-42-39-24-21-18-15-12-9-3)72-63(67)56-53-50-47-44-41-38-36-33-30-28-26-23-20-17-14-11-8-2/h19-20,22-23,27-30,32,34,36,38,51,54,60-61H,7-18,21,24-26,31,33,35,37,39-50,52-53,55-59H2,1-6H3,(H-,64,66,68,69)/b22-19-,23-20-,29-27-,30-28-,34-32-,38-36-,54-51+. The molecule has 0 radical (unpaired) electrons. The summed E-state index contributed by atoms with van der Waals surface area (Å²) in [6.07, 6.45) is 68.3. The van der Waals surface area contributed by atoms with E-state index in [0.29, 0.717) is 23.9 Å². The number of nitrogens with zero attached hydrogens (tertiary/aromatic N) is 1. The summed E-state index contributed by atoms with van der Waals surface area (Å²) in [6.45, 7) is 6.75. The van der Waals surface area contributed by atoms with Crippen LogP contribution in [0.1, 0.15) is 252 Å². The highest BCUT2D eigenvalue weighted by atomic mass is 31.2. The number of allylic oxidation sites excluding steroid dienone is 13. The Morgan fingerprint density at radius 3 is 1.27 bits per heavy atom. The molecular weight excluding hydrogens is 928 g/mol. The van der Waals surface area contributed by atoms with E-state index in [1.54, 1.807) is 0 Å². The van der Waals surface area contributed by atoms with Gasteiger partial charge in [0.25, 0.3) is 7.82 Å². The number of likely N-dealkylation sites (N-methyl/N-ethyl adjacent to an activating group) is 1. The third-order valence-electron chi connectivity index (χ3n) is 12.8. The minimum absolute atomic E-state index is 0.0325. The fraction of sp³-hybridized carbons (Fsp3) is 0.746. The lowest BCUT2D eigenvalue weighted by molar-refractivity contribution is -0.870. The number of esters is 1. The van der Waals surface area contributed by atoms with Crippen LogP contribution in [-0.4, -0.2) is 69.4 Å². The molecule has 1 amide bonds. The molecule has 422 valence electrons. The van der Waals surface area contributed by atoms with E-state index in [1.165, 1.54) is 96.3 Å². The van der Waals surface area contributed by atoms with Crippen molar-refractivity contribution in [3.05, 3.63) is 85.1 Å². The average molecular weight is 1040 g/mol. The van der Waals surface area contributed by atoms with Gasteiger partial charge in [-0.05, 0) is 109 Å². The van der Waals surface area contributed by atoms with Crippen molar-refractivity contribution in [1.82, 2.24) is 5.32 Å². The van der Waals surface area contributed by atoms with Gasteiger partial charge < -0.3 is 28.5 Å². The quantitative estimate of drug-likeness (QED) is 0.0212. The monoisotopic (exact) mass is 1040 g/mol. The third-order valence-corrected chi connectivity index (χ3v) is 13.8. The first-order valence-corrected chi connectivity index (χ1v) is 31.4. The summed E-state index contributed by atoms with van der Waals surface area (Å²) in [7, 11) is 1.15. The van der Waals surface area contributed by atoms with E-state index in [4.69, 9.17) is 13.8 Å². The first kappa shape index (κ1) is 70.2. The molecule has 0 aromatic rings. The Kier molecular flexibility index (Phi) is 50.6. The molecule has 0 heterocycles. The van der Waals surface area contributed by atoms with Crippen LogP contribution in [0.2, 0.25) is 0 Å². The molecule has 0 spiro atoms. The summed E-state index contributed by atoms with van der Waals surface area (Å²) < 4.78 is 30.2. The largest absolute Gasteiger partial charge is 0.756 e. The second-order valence-corrected chi connectivity index (χ2v) is 22.6. The summed E-state index contributed by atoms with van der Waals surface area (Å²) in [6, 6.07) is -0.908. The van der Waals surface area contributed by atoms with Crippen LogP contribution in [0, 0.1) is 0 Å². The van der Waals surface area contributed by atoms with E-state index >= 15 is 0 Å². The molecule has 0 aromatic heterocycles. The summed E-state index contributed by atoms with van der Waals surface area (Å²) in [5.41, 5.74) is 0. The van der Waals surface area contributed by atoms with Crippen molar-refractivity contribution in [1.29, 1.82) is 0 Å². The van der Waals surface area contributed by atoms with Crippen molar-refractivity contribution in [2.24, 2.45) is 0 Å². The number of unbranched alkanes of at least 4 members (excludes halogenated alkanes) is 25. The Bertz CT molecular complexity index is 1530. The Morgan fingerprint density at radius 2 is 0.836 bits per heavy atom. The number of hydrogen-bond acceptors (Lipinski definition) is 7. The Balaban J connectivity index is 5.34. The lowest BCUT2D eigenvalue weighted by Crippen LogP contribution is -2.47. The van der Waals surface area contributed by atoms with Crippen LogP contribution in [0.15, 0.2) is 85.1 Å². The van der Waals surface area contributed by atoms with Crippen LogP contribution >= 0.6 is 7.82 Å². The molecule has 0 aliphatic heterocycles. The van der Waals surface area contributed by atoms with Gasteiger partial charge in [0, 0.05) is 12.8 Å². The van der Waals surface area contributed by atoms with Gasteiger partial charge in [-0.2, -0.15) is 0 Å². The second kappa shape index (κ2) is 52.6. The minimum Gasteiger partial charge on any atom is -0.756 e. The second-order valence-electron chi connectivity index (χ2n) is 21.1. The van der Waals surface area contributed by atoms with Gasteiger partial charge in [-0.15, -0.1) is 0 Å². The molecule has 73 heavy (non-hydrogen) atoms. The molecule has 9 nitrogen and oxygen atoms in total. The number of amides is 1. The average Bonchev–Trinajstić information content (AvgIpc) is 3.35. The maximum atomic E-state index is 13.5. The highest BCUT2D eigenvalue weighted by molar-refractivity contribution is 7.45. The number of hydrogen-bond donors (Lipinski definition) is 1. The van der Waals surface area contributed by atoms with Gasteiger partial charge in [-0.1, -0.05) is 215 Å². The SMILES string of the molecule is CCCCC/C=C\C/C=C\C/C=C\CCCCCCCCC(=O)NC(COP(=O)([O-])OCC[N+](C)(C)C)C(/C=C/CCCCCCCCCCC)OC(=O)CCCCCC/C=C\C/C=C\C/C=C\CCCCC. The maximum absolute atomic E-state index is 13.5. The predicted octanol–water partition coefficient (Wildman–Crippen LogP) is 17.6. The zero-order valence-electron chi connectivity index (χ0n) is 48.1. The number of rotatable bonds is 53. The van der Waals surface area contributed by atoms with Gasteiger partial charge >= 0.3 is 5.97 Å². The molecule has 3 atom stereocenters. The minimum atomic E-state index is -4.71. The summed E-state index contributed by atoms with van der Waals surface area (Å²) in [5, 5.41) is 3.01. The number of quaternary nitrogens is 1. The van der Waals surface area contributed by atoms with Gasteiger partial charge in [-0.3, -0.25) is 14.2 Å². The molecule has 0 aliphatic rings. The molecule has 0 aromatic carbocycles. The smallest absolute Gasteiger partial charge is 0.306 e. The molecule has 0 bridgehead atoms. The first-order valence-electron chi connectivity index (χ1n) is 29.9. The van der Waals surface area contributed by atoms with Crippen molar-refractivity contribution >= 4 is 19.7 Å². The highest BCUT2D eigenvalue weighted by Crippen LogP contribution is 2.38. The highest BCUT2D eigenvalue weighted by Gasteiger charge is 2.27.